The van der Waals surface area contributed by atoms with E-state index < -0.39 is 5.91 Å². The summed E-state index contributed by atoms with van der Waals surface area (Å²) in [6, 6.07) is 0. The van der Waals surface area contributed by atoms with Gasteiger partial charge in [0.25, 0.3) is 0 Å². The average molecular weight is 266 g/mol. The molecule has 0 aliphatic heterocycles. The molecule has 0 fully saturated rings. The number of nitrogens with one attached hydrogen (secondary N) is 1. The predicted molar refractivity (Wildman–Crippen MR) is 63.8 cm³/mol. The number of nitrogen functional groups attached to an aromatic ring is 1. The molecular formula is C10H14N6O3. The van der Waals surface area contributed by atoms with Gasteiger partial charge in [-0.2, -0.15) is 0 Å². The SMILES string of the molecule is Cc1nccn1CCCNC(=O)c1c(N)no[n+]1[O-]. The van der Waals surface area contributed by atoms with Gasteiger partial charge in [-0.3, -0.25) is 9.42 Å². The van der Waals surface area contributed by atoms with Gasteiger partial charge in [-0.15, -0.1) is 0 Å². The Hall–Kier alpha value is -2.58. The Balaban J connectivity index is 1.80. The number of nitrogens with zero attached hydrogens (tertiary/aromatic N) is 4. The van der Waals surface area contributed by atoms with E-state index >= 15 is 0 Å². The van der Waals surface area contributed by atoms with Crippen LogP contribution >= 0.6 is 0 Å². The summed E-state index contributed by atoms with van der Waals surface area (Å²) in [6.07, 6.45) is 4.28. The van der Waals surface area contributed by atoms with Gasteiger partial charge in [-0.25, -0.2) is 4.98 Å². The second-order valence-electron chi connectivity index (χ2n) is 3.94. The Morgan fingerprint density at radius 2 is 2.47 bits per heavy atom. The number of rotatable bonds is 5. The molecule has 3 N–H and O–H groups in total. The minimum absolute atomic E-state index is 0.00925. The van der Waals surface area contributed by atoms with E-state index in [2.05, 4.69) is 20.1 Å². The third-order valence-electron chi connectivity index (χ3n) is 2.64. The molecular weight excluding hydrogens is 252 g/mol. The molecule has 2 aromatic heterocycles. The summed E-state index contributed by atoms with van der Waals surface area (Å²) in [5.74, 6) is 0.0843. The standard InChI is InChI=1S/C10H14N6O3/c1-7-12-4-6-15(7)5-2-3-13-10(17)8-9(11)14-19-16(8)18/h4,6H,2-3,5H2,1H3,(H2,11,14)(H,13,17). The molecule has 0 saturated carbocycles. The van der Waals surface area contributed by atoms with Crippen molar-refractivity contribution in [2.24, 2.45) is 0 Å². The first-order chi connectivity index (χ1) is 9.09. The number of anilines is 1. The molecule has 0 bridgehead atoms. The summed E-state index contributed by atoms with van der Waals surface area (Å²) >= 11 is 0. The number of carbonyl (C=O) groups is 1. The van der Waals surface area contributed by atoms with Crippen molar-refractivity contribution < 1.29 is 14.3 Å². The van der Waals surface area contributed by atoms with E-state index in [0.29, 0.717) is 13.0 Å². The summed E-state index contributed by atoms with van der Waals surface area (Å²) in [4.78, 5) is 15.7. The molecule has 0 unspecified atom stereocenters. The molecule has 0 spiro atoms. The normalized spacial score (nSPS) is 10.6. The number of aryl methyl sites for hydroxylation is 2. The number of amides is 1. The molecule has 0 aromatic carbocycles. The molecule has 0 atom stereocenters. The number of aromatic nitrogens is 4. The molecule has 0 aliphatic rings. The Kier molecular flexibility index (Phi) is 3.64. The smallest absolute Gasteiger partial charge is 0.318 e. The topological polar surface area (TPSA) is 126 Å². The van der Waals surface area contributed by atoms with Crippen LogP contribution in [0.25, 0.3) is 0 Å². The van der Waals surface area contributed by atoms with Gasteiger partial charge in [0.05, 0.1) is 5.16 Å². The lowest BCUT2D eigenvalue weighted by atomic mass is 10.3. The van der Waals surface area contributed by atoms with Crippen LogP contribution in [0.5, 0.6) is 0 Å². The van der Waals surface area contributed by atoms with Gasteiger partial charge < -0.3 is 20.8 Å². The van der Waals surface area contributed by atoms with E-state index in [4.69, 9.17) is 5.73 Å². The molecule has 9 heteroatoms. The summed E-state index contributed by atoms with van der Waals surface area (Å²) in [7, 11) is 0. The maximum absolute atomic E-state index is 11.6. The molecule has 9 nitrogen and oxygen atoms in total. The van der Waals surface area contributed by atoms with Crippen LogP contribution in [0.15, 0.2) is 17.0 Å². The summed E-state index contributed by atoms with van der Waals surface area (Å²) in [5, 5.41) is 16.9. The number of carbonyl (C=O) groups excluding carboxylic acids is 1. The quantitative estimate of drug-likeness (QED) is 0.539. The minimum atomic E-state index is -0.601. The third-order valence-corrected chi connectivity index (χ3v) is 2.64. The molecule has 1 amide bonds. The second kappa shape index (κ2) is 5.38. The fourth-order valence-electron chi connectivity index (χ4n) is 1.63. The van der Waals surface area contributed by atoms with Crippen molar-refractivity contribution >= 4 is 11.7 Å². The van der Waals surface area contributed by atoms with Crippen molar-refractivity contribution in [2.75, 3.05) is 12.3 Å². The highest BCUT2D eigenvalue weighted by atomic mass is 16.8. The lowest BCUT2D eigenvalue weighted by Crippen LogP contribution is -2.38. The highest BCUT2D eigenvalue weighted by Gasteiger charge is 2.23. The van der Waals surface area contributed by atoms with Crippen LogP contribution in [-0.2, 0) is 6.54 Å². The van der Waals surface area contributed by atoms with Crippen molar-refractivity contribution in [1.29, 1.82) is 0 Å². The molecule has 0 aliphatic carbocycles. The minimum Gasteiger partial charge on any atom is -0.359 e. The molecule has 102 valence electrons. The summed E-state index contributed by atoms with van der Waals surface area (Å²) in [6.45, 7) is 3.03. The lowest BCUT2D eigenvalue weighted by Gasteiger charge is -2.05. The molecule has 19 heavy (non-hydrogen) atoms. The van der Waals surface area contributed by atoms with E-state index in [1.54, 1.807) is 6.20 Å². The second-order valence-corrected chi connectivity index (χ2v) is 3.94. The van der Waals surface area contributed by atoms with Gasteiger partial charge in [-0.05, 0) is 18.2 Å². The number of hydrogen-bond donors (Lipinski definition) is 2. The van der Waals surface area contributed by atoms with E-state index in [9.17, 15) is 10.0 Å². The predicted octanol–water partition coefficient (Wildman–Crippen LogP) is -0.785. The fraction of sp³-hybridized carbons (Fsp3) is 0.400. The van der Waals surface area contributed by atoms with Crippen LogP contribution in [-0.4, -0.2) is 27.2 Å². The van der Waals surface area contributed by atoms with Crippen molar-refractivity contribution in [3.63, 3.8) is 0 Å². The first-order valence-corrected chi connectivity index (χ1v) is 5.70. The number of hydrogen-bond acceptors (Lipinski definition) is 6. The van der Waals surface area contributed by atoms with Gasteiger partial charge in [0.1, 0.15) is 5.82 Å². The Labute approximate surface area is 108 Å². The highest BCUT2D eigenvalue weighted by Crippen LogP contribution is 2.01. The van der Waals surface area contributed by atoms with E-state index in [-0.39, 0.29) is 16.4 Å². The van der Waals surface area contributed by atoms with Crippen LogP contribution < -0.4 is 16.0 Å². The molecule has 2 aromatic rings. The largest absolute Gasteiger partial charge is 0.359 e. The maximum Gasteiger partial charge on any atom is 0.318 e. The Morgan fingerprint density at radius 1 is 1.68 bits per heavy atom. The first-order valence-electron chi connectivity index (χ1n) is 5.70. The van der Waals surface area contributed by atoms with Gasteiger partial charge in [0.2, 0.25) is 0 Å². The fourth-order valence-corrected chi connectivity index (χ4v) is 1.63. The molecule has 0 radical (unpaired) electrons. The number of nitrogens with two attached hydrogens (primary N) is 1. The first kappa shape index (κ1) is 12.9. The highest BCUT2D eigenvalue weighted by molar-refractivity contribution is 5.94. The van der Waals surface area contributed by atoms with Crippen molar-refractivity contribution in [2.45, 2.75) is 19.9 Å². The van der Waals surface area contributed by atoms with Crippen LogP contribution in [0, 0.1) is 12.1 Å². The number of imidazole rings is 1. The van der Waals surface area contributed by atoms with Crippen molar-refractivity contribution in [3.05, 3.63) is 29.1 Å². The van der Waals surface area contributed by atoms with Crippen LogP contribution in [0.4, 0.5) is 5.82 Å². The van der Waals surface area contributed by atoms with Crippen molar-refractivity contribution in [3.8, 4) is 0 Å². The molecule has 2 rings (SSSR count). The zero-order chi connectivity index (χ0) is 13.8. The van der Waals surface area contributed by atoms with Crippen molar-refractivity contribution in [1.82, 2.24) is 20.0 Å². The lowest BCUT2D eigenvalue weighted by molar-refractivity contribution is -0.803. The summed E-state index contributed by atoms with van der Waals surface area (Å²) < 4.78 is 6.18. The zero-order valence-electron chi connectivity index (χ0n) is 10.4. The van der Waals surface area contributed by atoms with Crippen LogP contribution in [0.3, 0.4) is 0 Å². The van der Waals surface area contributed by atoms with E-state index in [0.717, 1.165) is 12.4 Å². The molecule has 0 saturated heterocycles. The van der Waals surface area contributed by atoms with Crippen LogP contribution in [0.2, 0.25) is 0 Å². The monoisotopic (exact) mass is 266 g/mol. The van der Waals surface area contributed by atoms with Gasteiger partial charge in [-0.1, -0.05) is 0 Å². The van der Waals surface area contributed by atoms with E-state index in [1.807, 2.05) is 17.7 Å². The maximum atomic E-state index is 11.6. The van der Waals surface area contributed by atoms with Gasteiger partial charge in [0.15, 0.2) is 0 Å². The average Bonchev–Trinajstić information content (AvgIpc) is 2.92. The van der Waals surface area contributed by atoms with Gasteiger partial charge in [0, 0.05) is 25.5 Å². The van der Waals surface area contributed by atoms with Gasteiger partial charge >= 0.3 is 17.4 Å². The molecule has 2 heterocycles. The Morgan fingerprint density at radius 3 is 3.05 bits per heavy atom. The van der Waals surface area contributed by atoms with Crippen LogP contribution in [0.1, 0.15) is 22.7 Å². The zero-order valence-corrected chi connectivity index (χ0v) is 10.4. The summed E-state index contributed by atoms with van der Waals surface area (Å²) in [5.41, 5.74) is 5.02. The van der Waals surface area contributed by atoms with E-state index in [1.165, 1.54) is 0 Å². The third kappa shape index (κ3) is 2.81. The Bertz CT molecular complexity index is 556.